The van der Waals surface area contributed by atoms with Crippen LogP contribution in [0.3, 0.4) is 0 Å². The molecule has 2 aliphatic carbocycles. The summed E-state index contributed by atoms with van der Waals surface area (Å²) in [4.78, 5) is 48.1. The molecule has 4 fully saturated rings. The first-order chi connectivity index (χ1) is 20.1. The number of ether oxygens (including phenoxy) is 2. The van der Waals surface area contributed by atoms with Gasteiger partial charge in [0.1, 0.15) is 17.6 Å². The lowest BCUT2D eigenvalue weighted by atomic mass is 9.71. The van der Waals surface area contributed by atoms with Gasteiger partial charge < -0.3 is 19.2 Å². The third-order valence-electron chi connectivity index (χ3n) is 9.78. The molecule has 4 heterocycles. The molecule has 1 aromatic heterocycles. The van der Waals surface area contributed by atoms with Crippen molar-refractivity contribution in [3.63, 3.8) is 0 Å². The van der Waals surface area contributed by atoms with Crippen LogP contribution in [0.5, 0.6) is 11.5 Å². The topological polar surface area (TPSA) is 110 Å². The van der Waals surface area contributed by atoms with E-state index in [-0.39, 0.29) is 47.5 Å². The molecule has 0 radical (unpaired) electrons. The van der Waals surface area contributed by atoms with Gasteiger partial charge in [0.05, 0.1) is 31.8 Å². The number of unbranched alkanes of at least 4 members (excludes halogenated alkanes) is 1. The number of aromatic nitrogens is 2. The van der Waals surface area contributed by atoms with E-state index in [2.05, 4.69) is 24.9 Å². The van der Waals surface area contributed by atoms with Crippen LogP contribution in [0.2, 0.25) is 0 Å². The molecule has 6 atom stereocenters. The van der Waals surface area contributed by atoms with Gasteiger partial charge in [-0.15, -0.1) is 0 Å². The first kappa shape index (κ1) is 26.2. The van der Waals surface area contributed by atoms with E-state index >= 15 is 0 Å². The fraction of sp³-hybridized carbons (Fsp3) is 0.567. The summed E-state index contributed by atoms with van der Waals surface area (Å²) >= 11 is 0. The molecular formula is C30H36N6O5. The van der Waals surface area contributed by atoms with E-state index < -0.39 is 0 Å². The Bertz CT molecular complexity index is 1350. The molecule has 2 saturated heterocycles. The molecule has 0 N–H and O–H groups in total. The second kappa shape index (κ2) is 10.6. The Morgan fingerprint density at radius 2 is 1.63 bits per heavy atom. The van der Waals surface area contributed by atoms with Gasteiger partial charge in [-0.2, -0.15) is 0 Å². The highest BCUT2D eigenvalue weighted by molar-refractivity contribution is 6.09. The molecule has 11 nitrogen and oxygen atoms in total. The van der Waals surface area contributed by atoms with E-state index in [4.69, 9.17) is 14.3 Å². The van der Waals surface area contributed by atoms with Gasteiger partial charge >= 0.3 is 0 Å². The lowest BCUT2D eigenvalue weighted by Gasteiger charge is -2.34. The van der Waals surface area contributed by atoms with Crippen molar-refractivity contribution in [1.29, 1.82) is 0 Å². The number of fused-ring (bicyclic) bond motifs is 8. The number of carbonyl (C=O) groups is 2. The Balaban J connectivity index is 0.958. The fourth-order valence-electron chi connectivity index (χ4n) is 7.88. The smallest absolute Gasteiger partial charge is 0.233 e. The second-order valence-corrected chi connectivity index (χ2v) is 11.7. The molecule has 2 bridgehead atoms. The van der Waals surface area contributed by atoms with Crippen molar-refractivity contribution < 1.29 is 23.9 Å². The number of benzene rings is 1. The monoisotopic (exact) mass is 560 g/mol. The molecule has 7 rings (SSSR count). The third kappa shape index (κ3) is 4.32. The van der Waals surface area contributed by atoms with Crippen molar-refractivity contribution in [2.45, 2.75) is 25.4 Å². The number of nitrogens with zero attached hydrogens (tertiary/aromatic N) is 6. The Labute approximate surface area is 239 Å². The van der Waals surface area contributed by atoms with E-state index in [0.717, 1.165) is 69.2 Å². The number of rotatable bonds is 9. The quantitative estimate of drug-likeness (QED) is 0.336. The highest BCUT2D eigenvalue weighted by Crippen LogP contribution is 2.62. The van der Waals surface area contributed by atoms with Crippen molar-refractivity contribution >= 4 is 23.5 Å². The normalized spacial score (nSPS) is 30.3. The zero-order valence-corrected chi connectivity index (χ0v) is 23.5. The van der Waals surface area contributed by atoms with Crippen molar-refractivity contribution in [2.24, 2.45) is 34.7 Å². The van der Waals surface area contributed by atoms with Crippen LogP contribution in [0, 0.1) is 29.6 Å². The molecule has 5 aliphatic rings. The summed E-state index contributed by atoms with van der Waals surface area (Å²) in [5.74, 6) is 1.61. The number of hydrogen-bond acceptors (Lipinski definition) is 10. The van der Waals surface area contributed by atoms with Gasteiger partial charge in [0.15, 0.2) is 0 Å². The zero-order valence-electron chi connectivity index (χ0n) is 23.5. The lowest BCUT2D eigenvalue weighted by Crippen LogP contribution is -2.47. The summed E-state index contributed by atoms with van der Waals surface area (Å²) in [6.45, 7) is 5.16. The van der Waals surface area contributed by atoms with E-state index in [1.165, 1.54) is 0 Å². The van der Waals surface area contributed by atoms with Gasteiger partial charge in [-0.05, 0) is 56.0 Å². The maximum atomic E-state index is 13.7. The van der Waals surface area contributed by atoms with Crippen molar-refractivity contribution in [3.8, 4) is 11.5 Å². The maximum Gasteiger partial charge on any atom is 0.233 e. The van der Waals surface area contributed by atoms with E-state index in [0.29, 0.717) is 18.0 Å². The van der Waals surface area contributed by atoms with Crippen LogP contribution in [0.4, 0.5) is 5.95 Å². The van der Waals surface area contributed by atoms with Gasteiger partial charge in [-0.3, -0.25) is 19.4 Å². The Hall–Kier alpha value is -3.73. The van der Waals surface area contributed by atoms with Crippen LogP contribution < -0.4 is 14.4 Å². The molecule has 216 valence electrons. The fourth-order valence-corrected chi connectivity index (χ4v) is 7.88. The zero-order chi connectivity index (χ0) is 28.1. The number of anilines is 1. The average Bonchev–Trinajstić information content (AvgIpc) is 3.77. The molecule has 11 heteroatoms. The molecule has 2 saturated carbocycles. The molecule has 1 aromatic carbocycles. The van der Waals surface area contributed by atoms with E-state index in [9.17, 15) is 9.59 Å². The predicted molar refractivity (Wildman–Crippen MR) is 150 cm³/mol. The number of oxime groups is 1. The van der Waals surface area contributed by atoms with Crippen LogP contribution in [0.1, 0.15) is 24.8 Å². The summed E-state index contributed by atoms with van der Waals surface area (Å²) in [6, 6.07) is 7.46. The summed E-state index contributed by atoms with van der Waals surface area (Å²) < 4.78 is 11.1. The van der Waals surface area contributed by atoms with Crippen LogP contribution in [-0.4, -0.2) is 96.9 Å². The lowest BCUT2D eigenvalue weighted by molar-refractivity contribution is -0.141. The number of likely N-dealkylation sites (tertiary alicyclic amines) is 1. The highest BCUT2D eigenvalue weighted by atomic mass is 16.6. The number of imide groups is 1. The van der Waals surface area contributed by atoms with Gasteiger partial charge in [0, 0.05) is 62.5 Å². The predicted octanol–water partition coefficient (Wildman–Crippen LogP) is 2.07. The summed E-state index contributed by atoms with van der Waals surface area (Å²) in [5.41, 5.74) is 1.63. The van der Waals surface area contributed by atoms with Gasteiger partial charge in [-0.1, -0.05) is 5.16 Å². The van der Waals surface area contributed by atoms with Gasteiger partial charge in [0.25, 0.3) is 0 Å². The van der Waals surface area contributed by atoms with E-state index in [1.807, 2.05) is 24.3 Å². The third-order valence-corrected chi connectivity index (χ3v) is 9.78. The number of carbonyl (C=O) groups excluding carboxylic acids is 2. The number of piperazine rings is 1. The Morgan fingerprint density at radius 3 is 2.37 bits per heavy atom. The highest BCUT2D eigenvalue weighted by Gasteiger charge is 2.70. The van der Waals surface area contributed by atoms with Crippen LogP contribution in [0.15, 0.2) is 41.8 Å². The molecule has 2 aromatic rings. The van der Waals surface area contributed by atoms with Crippen LogP contribution in [0.25, 0.3) is 0 Å². The van der Waals surface area contributed by atoms with Crippen LogP contribution >= 0.6 is 0 Å². The standard InChI is InChI=1S/C30H36N6O5/c1-39-18-6-7-22(40-2)19(16-18)26-25-20-17-21(27(25)41-33-26)24-23(20)28(37)36(29(24)38)11-4-3-10-34-12-14-35(15-13-34)30-31-8-5-9-32-30/h5-9,16,20-21,23-25,27H,3-4,10-15,17H2,1-2H3/t20-,21+,23-,24+,25+,27+/m1/s1. The van der Waals surface area contributed by atoms with Crippen LogP contribution in [-0.2, 0) is 14.4 Å². The second-order valence-electron chi connectivity index (χ2n) is 11.7. The van der Waals surface area contributed by atoms with Crippen molar-refractivity contribution in [2.75, 3.05) is 58.4 Å². The average molecular weight is 561 g/mol. The minimum Gasteiger partial charge on any atom is -0.497 e. The Morgan fingerprint density at radius 1 is 0.902 bits per heavy atom. The summed E-state index contributed by atoms with van der Waals surface area (Å²) in [6.07, 6.45) is 5.95. The molecule has 0 spiro atoms. The SMILES string of the molecule is COc1ccc(OC)c(C2=NO[C@H]3[C@H]4C[C@@H]([C@@H]23)[C@H]2C(=O)N(CCCCN3CCN(c5ncccn5)CC3)C(=O)[C@@H]42)c1. The molecule has 3 aliphatic heterocycles. The van der Waals surface area contributed by atoms with Crippen molar-refractivity contribution in [3.05, 3.63) is 42.2 Å². The van der Waals surface area contributed by atoms with Crippen molar-refractivity contribution in [1.82, 2.24) is 19.8 Å². The minimum absolute atomic E-state index is 0.00807. The molecule has 41 heavy (non-hydrogen) atoms. The largest absolute Gasteiger partial charge is 0.497 e. The van der Waals surface area contributed by atoms with E-state index in [1.54, 1.807) is 31.5 Å². The summed E-state index contributed by atoms with van der Waals surface area (Å²) in [5, 5.41) is 4.47. The Kier molecular flexibility index (Phi) is 6.76. The molecule has 0 unspecified atom stereocenters. The molecular weight excluding hydrogens is 524 g/mol. The number of amides is 2. The first-order valence-electron chi connectivity index (χ1n) is 14.6. The minimum atomic E-state index is -0.288. The maximum absolute atomic E-state index is 13.7. The first-order valence-corrected chi connectivity index (χ1v) is 14.6. The number of methoxy groups -OCH3 is 2. The summed E-state index contributed by atoms with van der Waals surface area (Å²) in [7, 11) is 3.26. The van der Waals surface area contributed by atoms with Gasteiger partial charge in [0.2, 0.25) is 17.8 Å². The van der Waals surface area contributed by atoms with Gasteiger partial charge in [-0.25, -0.2) is 9.97 Å². The number of hydrogen-bond donors (Lipinski definition) is 0. The molecule has 2 amide bonds.